The summed E-state index contributed by atoms with van der Waals surface area (Å²) in [7, 11) is 0. The van der Waals surface area contributed by atoms with Crippen molar-refractivity contribution < 1.29 is 23.8 Å². The Morgan fingerprint density at radius 3 is 2.79 bits per heavy atom. The van der Waals surface area contributed by atoms with Crippen LogP contribution < -0.4 is 0 Å². The molecule has 0 amide bonds. The van der Waals surface area contributed by atoms with Crippen molar-refractivity contribution in [3.05, 3.63) is 11.6 Å². The summed E-state index contributed by atoms with van der Waals surface area (Å²) in [5.74, 6) is 0.102. The molecule has 3 unspecified atom stereocenters. The second-order valence-corrected chi connectivity index (χ2v) is 10.3. The van der Waals surface area contributed by atoms with Crippen LogP contribution in [0.5, 0.6) is 0 Å². The van der Waals surface area contributed by atoms with Gasteiger partial charge in [0.1, 0.15) is 17.3 Å². The standard InChI is InChI=1S/C24H36O5/c1-6-8-18(25)28-23(4)12-10-16-15(3)22(26)29-24(5)11-7-9-14(2)13-17-20(23)19(16)21(24)27-17/h9,15-17,19-21H,6-8,10-13H2,1-5H3/b14-9-/t15-,16?,17?,19+,20+,21?,23-,24+/m1/s1. The van der Waals surface area contributed by atoms with Crippen LogP contribution in [0.2, 0.25) is 0 Å². The van der Waals surface area contributed by atoms with Crippen LogP contribution in [-0.2, 0) is 23.8 Å². The third-order valence-electron chi connectivity index (χ3n) is 8.07. The highest BCUT2D eigenvalue weighted by Gasteiger charge is 2.66. The van der Waals surface area contributed by atoms with E-state index in [2.05, 4.69) is 19.9 Å². The molecule has 0 aromatic carbocycles. The second-order valence-electron chi connectivity index (χ2n) is 10.3. The number of allylic oxidation sites excluding steroid dienone is 1. The molecule has 3 fully saturated rings. The largest absolute Gasteiger partial charge is 0.459 e. The minimum Gasteiger partial charge on any atom is -0.459 e. The lowest BCUT2D eigenvalue weighted by Crippen LogP contribution is -2.54. The lowest BCUT2D eigenvalue weighted by molar-refractivity contribution is -0.181. The van der Waals surface area contributed by atoms with Gasteiger partial charge in [-0.1, -0.05) is 25.5 Å². The maximum absolute atomic E-state index is 12.9. The Kier molecular flexibility index (Phi) is 5.33. The highest BCUT2D eigenvalue weighted by Crippen LogP contribution is 2.59. The molecule has 0 aromatic rings. The summed E-state index contributed by atoms with van der Waals surface area (Å²) in [6.07, 6.45) is 7.49. The van der Waals surface area contributed by atoms with Gasteiger partial charge in [0.25, 0.3) is 0 Å². The van der Waals surface area contributed by atoms with Gasteiger partial charge in [0, 0.05) is 18.3 Å². The summed E-state index contributed by atoms with van der Waals surface area (Å²) >= 11 is 0. The average Bonchev–Trinajstić information content (AvgIpc) is 3.01. The number of esters is 2. The molecule has 0 radical (unpaired) electrons. The number of hydrogen-bond donors (Lipinski definition) is 0. The topological polar surface area (TPSA) is 61.8 Å². The Bertz CT molecular complexity index is 714. The Labute approximate surface area is 174 Å². The molecule has 2 saturated heterocycles. The third kappa shape index (κ3) is 3.43. The summed E-state index contributed by atoms with van der Waals surface area (Å²) in [6, 6.07) is 0. The molecule has 1 aliphatic carbocycles. The fourth-order valence-corrected chi connectivity index (χ4v) is 6.60. The van der Waals surface area contributed by atoms with Crippen molar-refractivity contribution in [1.29, 1.82) is 0 Å². The zero-order valence-electron chi connectivity index (χ0n) is 18.5. The number of rotatable bonds is 3. The van der Waals surface area contributed by atoms with Gasteiger partial charge < -0.3 is 14.2 Å². The molecule has 0 aromatic heterocycles. The summed E-state index contributed by atoms with van der Waals surface area (Å²) in [6.45, 7) is 10.3. The fourth-order valence-electron chi connectivity index (χ4n) is 6.60. The number of ether oxygens (including phenoxy) is 3. The molecule has 3 aliphatic heterocycles. The lowest BCUT2D eigenvalue weighted by Gasteiger charge is -2.48. The molecule has 0 N–H and O–H groups in total. The Morgan fingerprint density at radius 1 is 1.31 bits per heavy atom. The van der Waals surface area contributed by atoms with Gasteiger partial charge in [-0.05, 0) is 65.2 Å². The highest BCUT2D eigenvalue weighted by molar-refractivity contribution is 5.73. The van der Waals surface area contributed by atoms with Crippen molar-refractivity contribution in [2.24, 2.45) is 23.7 Å². The monoisotopic (exact) mass is 404 g/mol. The summed E-state index contributed by atoms with van der Waals surface area (Å²) < 4.78 is 19.0. The molecule has 162 valence electrons. The maximum atomic E-state index is 12.9. The Hall–Kier alpha value is -1.36. The molecule has 5 nitrogen and oxygen atoms in total. The molecular weight excluding hydrogens is 368 g/mol. The average molecular weight is 405 g/mol. The molecule has 5 heteroatoms. The van der Waals surface area contributed by atoms with E-state index in [1.165, 1.54) is 5.57 Å². The minimum atomic E-state index is -0.634. The predicted molar refractivity (Wildman–Crippen MR) is 109 cm³/mol. The minimum absolute atomic E-state index is 0.00935. The van der Waals surface area contributed by atoms with E-state index >= 15 is 0 Å². The van der Waals surface area contributed by atoms with Crippen molar-refractivity contribution in [2.45, 2.75) is 103 Å². The van der Waals surface area contributed by atoms with Gasteiger partial charge in [0.05, 0.1) is 12.0 Å². The third-order valence-corrected chi connectivity index (χ3v) is 8.07. The van der Waals surface area contributed by atoms with E-state index in [0.717, 1.165) is 38.5 Å². The van der Waals surface area contributed by atoms with Crippen LogP contribution >= 0.6 is 0 Å². The highest BCUT2D eigenvalue weighted by atomic mass is 16.6. The van der Waals surface area contributed by atoms with E-state index in [-0.39, 0.29) is 47.8 Å². The SMILES string of the molecule is CCCC(=O)O[C@]1(C)CCC2[C@@H]3C4OC(C/C(C)=C\CC[C@]4(C)OC(=O)[C@@H]2C)[C@@H]31. The molecule has 29 heavy (non-hydrogen) atoms. The number of hydrogen-bond acceptors (Lipinski definition) is 5. The van der Waals surface area contributed by atoms with Gasteiger partial charge in [-0.25, -0.2) is 0 Å². The van der Waals surface area contributed by atoms with Gasteiger partial charge >= 0.3 is 11.9 Å². The Balaban J connectivity index is 1.79. The van der Waals surface area contributed by atoms with Gasteiger partial charge in [-0.3, -0.25) is 9.59 Å². The molecule has 2 bridgehead atoms. The first-order chi connectivity index (χ1) is 13.7. The van der Waals surface area contributed by atoms with Gasteiger partial charge in [0.15, 0.2) is 0 Å². The fraction of sp³-hybridized carbons (Fsp3) is 0.833. The van der Waals surface area contributed by atoms with Crippen molar-refractivity contribution in [3.63, 3.8) is 0 Å². The van der Waals surface area contributed by atoms with Gasteiger partial charge in [0.2, 0.25) is 0 Å². The molecule has 1 saturated carbocycles. The second kappa shape index (κ2) is 7.40. The van der Waals surface area contributed by atoms with Crippen LogP contribution in [0.4, 0.5) is 0 Å². The van der Waals surface area contributed by atoms with Crippen LogP contribution in [0.25, 0.3) is 0 Å². The van der Waals surface area contributed by atoms with Crippen LogP contribution in [0.3, 0.4) is 0 Å². The normalized spacial score (nSPS) is 48.3. The Morgan fingerprint density at radius 2 is 2.07 bits per heavy atom. The first-order valence-corrected chi connectivity index (χ1v) is 11.4. The summed E-state index contributed by atoms with van der Waals surface area (Å²) in [4.78, 5) is 25.4. The van der Waals surface area contributed by atoms with E-state index in [1.54, 1.807) is 0 Å². The van der Waals surface area contributed by atoms with Crippen LogP contribution in [0, 0.1) is 23.7 Å². The van der Waals surface area contributed by atoms with E-state index in [1.807, 2.05) is 20.8 Å². The first-order valence-electron chi connectivity index (χ1n) is 11.4. The molecular formula is C24H36O5. The molecule has 4 rings (SSSR count). The van der Waals surface area contributed by atoms with Crippen LogP contribution in [0.15, 0.2) is 11.6 Å². The van der Waals surface area contributed by atoms with E-state index in [0.29, 0.717) is 6.42 Å². The zero-order chi connectivity index (χ0) is 21.0. The van der Waals surface area contributed by atoms with E-state index in [4.69, 9.17) is 14.2 Å². The molecule has 8 atom stereocenters. The first kappa shape index (κ1) is 20.9. The van der Waals surface area contributed by atoms with Crippen LogP contribution in [0.1, 0.15) is 79.6 Å². The van der Waals surface area contributed by atoms with Crippen molar-refractivity contribution in [2.75, 3.05) is 0 Å². The van der Waals surface area contributed by atoms with Crippen LogP contribution in [-0.4, -0.2) is 35.3 Å². The van der Waals surface area contributed by atoms with Crippen molar-refractivity contribution in [3.8, 4) is 0 Å². The van der Waals surface area contributed by atoms with Gasteiger partial charge in [-0.2, -0.15) is 0 Å². The quantitative estimate of drug-likeness (QED) is 0.509. The van der Waals surface area contributed by atoms with Crippen molar-refractivity contribution >= 4 is 11.9 Å². The van der Waals surface area contributed by atoms with E-state index in [9.17, 15) is 9.59 Å². The number of carbonyl (C=O) groups is 2. The summed E-state index contributed by atoms with van der Waals surface area (Å²) in [5, 5.41) is 0. The zero-order valence-corrected chi connectivity index (χ0v) is 18.5. The van der Waals surface area contributed by atoms with Crippen molar-refractivity contribution in [1.82, 2.24) is 0 Å². The van der Waals surface area contributed by atoms with Gasteiger partial charge in [-0.15, -0.1) is 0 Å². The molecule has 0 spiro atoms. The molecule has 3 heterocycles. The molecule has 4 aliphatic rings. The smallest absolute Gasteiger partial charge is 0.309 e. The number of fused-ring (bicyclic) bond motifs is 2. The maximum Gasteiger partial charge on any atom is 0.309 e. The lowest BCUT2D eigenvalue weighted by atomic mass is 9.58. The summed E-state index contributed by atoms with van der Waals surface area (Å²) in [5.41, 5.74) is 0.117. The predicted octanol–water partition coefficient (Wildman–Crippen LogP) is 4.58. The van der Waals surface area contributed by atoms with E-state index < -0.39 is 11.2 Å². The number of carbonyl (C=O) groups excluding carboxylic acids is 2.